The number of nitrogens with zero attached hydrogens (tertiary/aromatic N) is 2. The number of hydrogen-bond donors (Lipinski definition) is 0. The lowest BCUT2D eigenvalue weighted by Gasteiger charge is -2.41. The Hall–Kier alpha value is -1.72. The second-order valence-corrected chi connectivity index (χ2v) is 7.59. The van der Waals surface area contributed by atoms with E-state index < -0.39 is 0 Å². The van der Waals surface area contributed by atoms with Gasteiger partial charge in [0.15, 0.2) is 0 Å². The van der Waals surface area contributed by atoms with Crippen LogP contribution in [0, 0.1) is 17.8 Å². The van der Waals surface area contributed by atoms with Crippen LogP contribution in [-0.4, -0.2) is 60.9 Å². The van der Waals surface area contributed by atoms with Crippen LogP contribution < -0.4 is 0 Å². The van der Waals surface area contributed by atoms with Gasteiger partial charge in [-0.1, -0.05) is 30.3 Å². The first-order valence-corrected chi connectivity index (χ1v) is 9.37. The van der Waals surface area contributed by atoms with Gasteiger partial charge in [0.2, 0.25) is 5.91 Å². The van der Waals surface area contributed by atoms with Gasteiger partial charge in [-0.3, -0.25) is 14.5 Å². The summed E-state index contributed by atoms with van der Waals surface area (Å²) in [6, 6.07) is 10.5. The fourth-order valence-electron chi connectivity index (χ4n) is 4.43. The van der Waals surface area contributed by atoms with Crippen LogP contribution in [0.2, 0.25) is 0 Å². The number of fused-ring (bicyclic) bond motifs is 2. The first-order chi connectivity index (χ1) is 12.2. The first-order valence-electron chi connectivity index (χ1n) is 9.37. The van der Waals surface area contributed by atoms with Crippen molar-refractivity contribution in [1.82, 2.24) is 9.80 Å². The van der Waals surface area contributed by atoms with Gasteiger partial charge in [0.1, 0.15) is 5.78 Å². The Balaban J connectivity index is 1.30. The van der Waals surface area contributed by atoms with Crippen LogP contribution >= 0.6 is 0 Å². The summed E-state index contributed by atoms with van der Waals surface area (Å²) >= 11 is 0. The standard InChI is InChI=1S/C20H26N2O3/c23-19-17-10-16(11-18(19)14-25-13-17)20(24)22-8-6-21(7-9-22)12-15-4-2-1-3-5-15/h1-5,16-18H,6-14H2. The lowest BCUT2D eigenvalue weighted by atomic mass is 9.73. The van der Waals surface area contributed by atoms with Gasteiger partial charge < -0.3 is 9.64 Å². The molecule has 134 valence electrons. The topological polar surface area (TPSA) is 49.9 Å². The number of carbonyl (C=O) groups excluding carboxylic acids is 2. The molecule has 1 aromatic carbocycles. The Morgan fingerprint density at radius 1 is 1.00 bits per heavy atom. The van der Waals surface area contributed by atoms with E-state index in [1.54, 1.807) is 0 Å². The molecule has 3 fully saturated rings. The highest BCUT2D eigenvalue weighted by atomic mass is 16.5. The number of rotatable bonds is 3. The second kappa shape index (κ2) is 7.26. The summed E-state index contributed by atoms with van der Waals surface area (Å²) in [5, 5.41) is 0. The van der Waals surface area contributed by atoms with Crippen LogP contribution in [0.4, 0.5) is 0 Å². The summed E-state index contributed by atoms with van der Waals surface area (Å²) in [4.78, 5) is 29.5. The largest absolute Gasteiger partial charge is 0.380 e. The molecular formula is C20H26N2O3. The lowest BCUT2D eigenvalue weighted by Crippen LogP contribution is -2.52. The Labute approximate surface area is 148 Å². The molecule has 0 N–H and O–H groups in total. The van der Waals surface area contributed by atoms with Gasteiger partial charge in [0.25, 0.3) is 0 Å². The predicted octanol–water partition coefficient (Wildman–Crippen LogP) is 1.57. The number of ketones is 1. The van der Waals surface area contributed by atoms with Gasteiger partial charge in [-0.25, -0.2) is 0 Å². The monoisotopic (exact) mass is 342 g/mol. The van der Waals surface area contributed by atoms with Crippen molar-refractivity contribution in [2.45, 2.75) is 19.4 Å². The third-order valence-corrected chi connectivity index (χ3v) is 5.86. The van der Waals surface area contributed by atoms with Crippen molar-refractivity contribution in [1.29, 1.82) is 0 Å². The summed E-state index contributed by atoms with van der Waals surface area (Å²) in [5.74, 6) is 0.477. The second-order valence-electron chi connectivity index (χ2n) is 7.59. The predicted molar refractivity (Wildman–Crippen MR) is 93.8 cm³/mol. The molecule has 1 saturated carbocycles. The number of benzene rings is 1. The molecular weight excluding hydrogens is 316 g/mol. The van der Waals surface area contributed by atoms with Crippen molar-refractivity contribution in [2.24, 2.45) is 17.8 Å². The zero-order valence-corrected chi connectivity index (χ0v) is 14.6. The molecule has 5 heteroatoms. The van der Waals surface area contributed by atoms with Crippen molar-refractivity contribution < 1.29 is 14.3 Å². The normalized spacial score (nSPS) is 30.3. The van der Waals surface area contributed by atoms with E-state index in [0.717, 1.165) is 32.7 Å². The molecule has 1 aromatic rings. The van der Waals surface area contributed by atoms with Crippen LogP contribution in [0.5, 0.6) is 0 Å². The van der Waals surface area contributed by atoms with Crippen LogP contribution in [0.15, 0.2) is 30.3 Å². The minimum atomic E-state index is -0.0548. The van der Waals surface area contributed by atoms with Gasteiger partial charge in [-0.2, -0.15) is 0 Å². The minimum Gasteiger partial charge on any atom is -0.380 e. The van der Waals surface area contributed by atoms with Gasteiger partial charge in [0, 0.05) is 50.5 Å². The summed E-state index contributed by atoms with van der Waals surface area (Å²) < 4.78 is 5.50. The molecule has 2 atom stereocenters. The number of piperazine rings is 1. The Morgan fingerprint density at radius 3 is 2.28 bits per heavy atom. The Morgan fingerprint density at radius 2 is 1.64 bits per heavy atom. The highest BCUT2D eigenvalue weighted by molar-refractivity contribution is 5.88. The van der Waals surface area contributed by atoms with Crippen LogP contribution in [-0.2, 0) is 20.9 Å². The first kappa shape index (κ1) is 16.7. The van der Waals surface area contributed by atoms with Gasteiger partial charge in [0.05, 0.1) is 13.2 Å². The minimum absolute atomic E-state index is 0.0114. The molecule has 2 unspecified atom stereocenters. The molecule has 2 saturated heterocycles. The SMILES string of the molecule is O=C1C2COCC1CC(C(=O)N1CCN(Cc3ccccc3)CC1)C2. The molecule has 0 spiro atoms. The zero-order chi connectivity index (χ0) is 17.2. The molecule has 25 heavy (non-hydrogen) atoms. The fraction of sp³-hybridized carbons (Fsp3) is 0.600. The van der Waals surface area contributed by atoms with Crippen LogP contribution in [0.1, 0.15) is 18.4 Å². The van der Waals surface area contributed by atoms with E-state index in [1.807, 2.05) is 11.0 Å². The number of ether oxygens (including phenoxy) is 1. The van der Waals surface area contributed by atoms with E-state index >= 15 is 0 Å². The average Bonchev–Trinajstić information content (AvgIpc) is 2.62. The summed E-state index contributed by atoms with van der Waals surface area (Å²) in [6.45, 7) is 5.38. The molecule has 0 aromatic heterocycles. The maximum atomic E-state index is 12.9. The summed E-state index contributed by atoms with van der Waals surface area (Å²) in [5.41, 5.74) is 1.32. The maximum absolute atomic E-state index is 12.9. The molecule has 1 amide bonds. The van der Waals surface area contributed by atoms with Crippen LogP contribution in [0.25, 0.3) is 0 Å². The molecule has 1 aliphatic carbocycles. The van der Waals surface area contributed by atoms with Crippen molar-refractivity contribution in [3.05, 3.63) is 35.9 Å². The van der Waals surface area contributed by atoms with E-state index in [4.69, 9.17) is 4.74 Å². The summed E-state index contributed by atoms with van der Waals surface area (Å²) in [6.07, 6.45) is 1.36. The van der Waals surface area contributed by atoms with E-state index in [0.29, 0.717) is 31.8 Å². The van der Waals surface area contributed by atoms with E-state index in [9.17, 15) is 9.59 Å². The van der Waals surface area contributed by atoms with Gasteiger partial charge in [-0.15, -0.1) is 0 Å². The third-order valence-electron chi connectivity index (χ3n) is 5.86. The Bertz CT molecular complexity index is 609. The zero-order valence-electron chi connectivity index (χ0n) is 14.6. The number of Topliss-reactive ketones (excluding diaryl/α,β-unsaturated/α-hetero) is 1. The fourth-order valence-corrected chi connectivity index (χ4v) is 4.43. The third kappa shape index (κ3) is 3.62. The molecule has 3 aliphatic rings. The highest BCUT2D eigenvalue weighted by Crippen LogP contribution is 2.35. The van der Waals surface area contributed by atoms with Crippen molar-refractivity contribution >= 4 is 11.7 Å². The molecule has 5 nitrogen and oxygen atoms in total. The number of carbonyl (C=O) groups is 2. The van der Waals surface area contributed by atoms with Crippen molar-refractivity contribution in [2.75, 3.05) is 39.4 Å². The molecule has 4 rings (SSSR count). The van der Waals surface area contributed by atoms with E-state index in [2.05, 4.69) is 29.2 Å². The molecule has 0 radical (unpaired) electrons. The quantitative estimate of drug-likeness (QED) is 0.837. The van der Waals surface area contributed by atoms with Gasteiger partial charge >= 0.3 is 0 Å². The lowest BCUT2D eigenvalue weighted by molar-refractivity contribution is -0.150. The Kier molecular flexibility index (Phi) is 4.86. The smallest absolute Gasteiger partial charge is 0.225 e. The molecule has 2 bridgehead atoms. The van der Waals surface area contributed by atoms with Gasteiger partial charge in [-0.05, 0) is 18.4 Å². The number of amides is 1. The average molecular weight is 342 g/mol. The number of hydrogen-bond acceptors (Lipinski definition) is 4. The summed E-state index contributed by atoms with van der Waals surface area (Å²) in [7, 11) is 0. The highest BCUT2D eigenvalue weighted by Gasteiger charge is 2.43. The van der Waals surface area contributed by atoms with Crippen LogP contribution in [0.3, 0.4) is 0 Å². The van der Waals surface area contributed by atoms with E-state index in [-0.39, 0.29) is 23.7 Å². The van der Waals surface area contributed by atoms with Crippen molar-refractivity contribution in [3.63, 3.8) is 0 Å². The van der Waals surface area contributed by atoms with E-state index in [1.165, 1.54) is 5.56 Å². The molecule has 2 heterocycles. The molecule has 2 aliphatic heterocycles. The van der Waals surface area contributed by atoms with Crippen molar-refractivity contribution in [3.8, 4) is 0 Å². The maximum Gasteiger partial charge on any atom is 0.225 e.